The molecular formula is C26H21N4O2+. The van der Waals surface area contributed by atoms with Gasteiger partial charge in [0, 0.05) is 35.8 Å². The smallest absolute Gasteiger partial charge is 0.257 e. The lowest BCUT2D eigenvalue weighted by molar-refractivity contribution is -0.671. The molecule has 32 heavy (non-hydrogen) atoms. The van der Waals surface area contributed by atoms with Crippen LogP contribution in [0.2, 0.25) is 0 Å². The highest BCUT2D eigenvalue weighted by Crippen LogP contribution is 2.20. The number of nitrogens with zero attached hydrogens (tertiary/aromatic N) is 3. The van der Waals surface area contributed by atoms with Crippen molar-refractivity contribution in [2.75, 3.05) is 0 Å². The van der Waals surface area contributed by atoms with Crippen molar-refractivity contribution in [2.24, 2.45) is 7.05 Å². The van der Waals surface area contributed by atoms with Crippen LogP contribution in [0, 0.1) is 11.8 Å². The summed E-state index contributed by atoms with van der Waals surface area (Å²) in [5, 5.41) is 3.32. The summed E-state index contributed by atoms with van der Waals surface area (Å²) in [6.07, 6.45) is 9.04. The highest BCUT2D eigenvalue weighted by molar-refractivity contribution is 5.97. The molecule has 1 fully saturated rings. The zero-order chi connectivity index (χ0) is 22.1. The third kappa shape index (κ3) is 4.01. The van der Waals surface area contributed by atoms with Crippen molar-refractivity contribution in [3.05, 3.63) is 100 Å². The molecule has 5 rings (SSSR count). The van der Waals surface area contributed by atoms with Gasteiger partial charge in [0.05, 0.1) is 10.9 Å². The van der Waals surface area contributed by atoms with E-state index in [0.717, 1.165) is 29.7 Å². The molecule has 1 saturated carbocycles. The van der Waals surface area contributed by atoms with Gasteiger partial charge in [0.1, 0.15) is 18.3 Å². The number of benzene rings is 1. The number of pyridine rings is 3. The zero-order valence-electron chi connectivity index (χ0n) is 17.6. The fourth-order valence-corrected chi connectivity index (χ4v) is 3.55. The molecule has 6 heteroatoms. The molecule has 6 nitrogen and oxygen atoms in total. The Morgan fingerprint density at radius 2 is 1.94 bits per heavy atom. The molecule has 3 heterocycles. The first-order valence-corrected chi connectivity index (χ1v) is 10.5. The standard InChI is InChI=1S/C26H20N4O2/c1-29-14-4-6-19(16-29)10-9-18-5-2-7-21(15-18)30-17-23(26(32)28-20-11-12-20)24(31)22-8-3-13-27-25(22)30/h2-8,13-17,20H,11-12H2,1H3/p+1. The van der Waals surface area contributed by atoms with Crippen molar-refractivity contribution < 1.29 is 9.36 Å². The molecular weight excluding hydrogens is 400 g/mol. The first-order chi connectivity index (χ1) is 15.6. The van der Waals surface area contributed by atoms with Gasteiger partial charge < -0.3 is 9.88 Å². The van der Waals surface area contributed by atoms with Gasteiger partial charge >= 0.3 is 0 Å². The molecule has 1 aliphatic carbocycles. The Morgan fingerprint density at radius 3 is 2.75 bits per heavy atom. The van der Waals surface area contributed by atoms with Gasteiger partial charge in [0.15, 0.2) is 12.4 Å². The second kappa shape index (κ2) is 8.12. The van der Waals surface area contributed by atoms with Crippen LogP contribution >= 0.6 is 0 Å². The Bertz CT molecular complexity index is 1470. The number of nitrogens with one attached hydrogen (secondary N) is 1. The predicted molar refractivity (Wildman–Crippen MR) is 121 cm³/mol. The van der Waals surface area contributed by atoms with Crippen molar-refractivity contribution >= 4 is 16.9 Å². The first kappa shape index (κ1) is 19.7. The Hall–Kier alpha value is -4.24. The first-order valence-electron chi connectivity index (χ1n) is 10.5. The van der Waals surface area contributed by atoms with Crippen LogP contribution in [0.1, 0.15) is 34.3 Å². The van der Waals surface area contributed by atoms with Crippen LogP contribution in [0.25, 0.3) is 16.7 Å². The van der Waals surface area contributed by atoms with Crippen LogP contribution < -0.4 is 15.3 Å². The maximum atomic E-state index is 13.0. The number of aryl methyl sites for hydroxylation is 1. The minimum absolute atomic E-state index is 0.116. The van der Waals surface area contributed by atoms with E-state index in [0.29, 0.717) is 11.0 Å². The zero-order valence-corrected chi connectivity index (χ0v) is 17.6. The molecule has 0 bridgehead atoms. The molecule has 1 N–H and O–H groups in total. The second-order valence-corrected chi connectivity index (χ2v) is 7.92. The van der Waals surface area contributed by atoms with E-state index < -0.39 is 0 Å². The SMILES string of the molecule is C[n+]1cccc(C#Cc2cccc(-n3cc(C(=O)NC4CC4)c(=O)c4cccnc43)c2)c1. The summed E-state index contributed by atoms with van der Waals surface area (Å²) in [5.74, 6) is 6.02. The summed E-state index contributed by atoms with van der Waals surface area (Å²) in [4.78, 5) is 30.1. The lowest BCUT2D eigenvalue weighted by Crippen LogP contribution is -2.31. The molecule has 0 radical (unpaired) electrons. The van der Waals surface area contributed by atoms with Gasteiger partial charge in [0.2, 0.25) is 5.43 Å². The topological polar surface area (TPSA) is 67.9 Å². The van der Waals surface area contributed by atoms with Gasteiger partial charge in [-0.15, -0.1) is 0 Å². The average Bonchev–Trinajstić information content (AvgIpc) is 3.62. The van der Waals surface area contributed by atoms with Crippen LogP contribution in [0.4, 0.5) is 0 Å². The van der Waals surface area contributed by atoms with Crippen molar-refractivity contribution in [3.8, 4) is 17.5 Å². The van der Waals surface area contributed by atoms with Crippen LogP contribution in [-0.2, 0) is 7.05 Å². The van der Waals surface area contributed by atoms with Crippen LogP contribution in [0.15, 0.2) is 78.1 Å². The van der Waals surface area contributed by atoms with E-state index >= 15 is 0 Å². The summed E-state index contributed by atoms with van der Waals surface area (Å²) in [5.41, 5.74) is 2.82. The minimum atomic E-state index is -0.343. The van der Waals surface area contributed by atoms with Crippen LogP contribution in [0.5, 0.6) is 0 Å². The normalized spacial score (nSPS) is 12.8. The summed E-state index contributed by atoms with van der Waals surface area (Å²) >= 11 is 0. The molecule has 0 aliphatic heterocycles. The summed E-state index contributed by atoms with van der Waals surface area (Å²) < 4.78 is 3.74. The third-order valence-electron chi connectivity index (χ3n) is 5.33. The number of amides is 1. The van der Waals surface area contributed by atoms with Crippen molar-refractivity contribution in [3.63, 3.8) is 0 Å². The van der Waals surface area contributed by atoms with E-state index in [-0.39, 0.29) is 22.9 Å². The fraction of sp³-hybridized carbons (Fsp3) is 0.154. The van der Waals surface area contributed by atoms with E-state index in [1.54, 1.807) is 29.1 Å². The molecule has 4 aromatic rings. The van der Waals surface area contributed by atoms with Gasteiger partial charge in [-0.2, -0.15) is 0 Å². The molecule has 0 unspecified atom stereocenters. The summed E-state index contributed by atoms with van der Waals surface area (Å²) in [6.45, 7) is 0. The average molecular weight is 421 g/mol. The molecule has 1 amide bonds. The minimum Gasteiger partial charge on any atom is -0.349 e. The second-order valence-electron chi connectivity index (χ2n) is 7.92. The van der Waals surface area contributed by atoms with E-state index in [9.17, 15) is 9.59 Å². The summed E-state index contributed by atoms with van der Waals surface area (Å²) in [7, 11) is 1.96. The fourth-order valence-electron chi connectivity index (χ4n) is 3.55. The Morgan fingerprint density at radius 1 is 1.12 bits per heavy atom. The number of hydrogen-bond donors (Lipinski definition) is 1. The van der Waals surface area contributed by atoms with E-state index in [1.807, 2.05) is 60.4 Å². The van der Waals surface area contributed by atoms with Gasteiger partial charge in [-0.05, 0) is 49.2 Å². The molecule has 1 aliphatic rings. The van der Waals surface area contributed by atoms with Crippen molar-refractivity contribution in [1.82, 2.24) is 14.9 Å². The number of aromatic nitrogens is 3. The number of rotatable bonds is 3. The van der Waals surface area contributed by atoms with Crippen molar-refractivity contribution in [2.45, 2.75) is 18.9 Å². The summed E-state index contributed by atoms with van der Waals surface area (Å²) in [6, 6.07) is 15.2. The molecule has 1 aromatic carbocycles. The highest BCUT2D eigenvalue weighted by atomic mass is 16.2. The molecule has 3 aromatic heterocycles. The number of fused-ring (bicyclic) bond motifs is 1. The Kier molecular flexibility index (Phi) is 5.00. The van der Waals surface area contributed by atoms with Crippen molar-refractivity contribution in [1.29, 1.82) is 0 Å². The van der Waals surface area contributed by atoms with Crippen LogP contribution in [0.3, 0.4) is 0 Å². The lowest BCUT2D eigenvalue weighted by Gasteiger charge is -2.13. The van der Waals surface area contributed by atoms with E-state index in [2.05, 4.69) is 22.1 Å². The maximum absolute atomic E-state index is 13.0. The molecule has 0 saturated heterocycles. The number of hydrogen-bond acceptors (Lipinski definition) is 3. The molecule has 0 spiro atoms. The largest absolute Gasteiger partial charge is 0.349 e. The maximum Gasteiger partial charge on any atom is 0.257 e. The van der Waals surface area contributed by atoms with Gasteiger partial charge in [0.25, 0.3) is 5.91 Å². The monoisotopic (exact) mass is 421 g/mol. The quantitative estimate of drug-likeness (QED) is 0.408. The predicted octanol–water partition coefficient (Wildman–Crippen LogP) is 2.50. The van der Waals surface area contributed by atoms with E-state index in [1.165, 1.54) is 0 Å². The van der Waals surface area contributed by atoms with Gasteiger partial charge in [-0.1, -0.05) is 17.9 Å². The Balaban J connectivity index is 1.60. The van der Waals surface area contributed by atoms with Gasteiger partial charge in [-0.3, -0.25) is 9.59 Å². The number of carbonyl (C=O) groups excluding carboxylic acids is 1. The van der Waals surface area contributed by atoms with Crippen LogP contribution in [-0.4, -0.2) is 21.5 Å². The number of carbonyl (C=O) groups is 1. The Labute approximate surface area is 185 Å². The van der Waals surface area contributed by atoms with Gasteiger partial charge in [-0.25, -0.2) is 9.55 Å². The molecule has 156 valence electrons. The molecule has 0 atom stereocenters. The third-order valence-corrected chi connectivity index (χ3v) is 5.33. The highest BCUT2D eigenvalue weighted by Gasteiger charge is 2.26. The lowest BCUT2D eigenvalue weighted by atomic mass is 10.1. The van der Waals surface area contributed by atoms with E-state index in [4.69, 9.17) is 0 Å².